The van der Waals surface area contributed by atoms with E-state index in [4.69, 9.17) is 0 Å². The lowest BCUT2D eigenvalue weighted by molar-refractivity contribution is -0.146. The highest BCUT2D eigenvalue weighted by atomic mass is 19.4. The minimum absolute atomic E-state index is 0.0219. The normalized spacial score (nSPS) is 22.8. The third-order valence-electron chi connectivity index (χ3n) is 6.37. The monoisotopic (exact) mass is 418 g/mol. The van der Waals surface area contributed by atoms with Gasteiger partial charge < -0.3 is 5.11 Å². The van der Waals surface area contributed by atoms with E-state index in [0.29, 0.717) is 18.5 Å². The molecule has 2 aliphatic heterocycles. The van der Waals surface area contributed by atoms with Crippen molar-refractivity contribution in [2.45, 2.75) is 37.5 Å². The van der Waals surface area contributed by atoms with Crippen LogP contribution in [0.15, 0.2) is 42.5 Å². The summed E-state index contributed by atoms with van der Waals surface area (Å²) in [5.41, 5.74) is 0.370. The maximum absolute atomic E-state index is 13.9. The third-order valence-corrected chi connectivity index (χ3v) is 6.37. The van der Waals surface area contributed by atoms with Crippen LogP contribution in [0.4, 0.5) is 13.2 Å². The van der Waals surface area contributed by atoms with Gasteiger partial charge in [-0.3, -0.25) is 14.6 Å². The van der Waals surface area contributed by atoms with Crippen molar-refractivity contribution in [1.82, 2.24) is 9.80 Å². The first kappa shape index (κ1) is 20.9. The van der Waals surface area contributed by atoms with Crippen LogP contribution in [0.2, 0.25) is 0 Å². The van der Waals surface area contributed by atoms with Crippen molar-refractivity contribution in [3.63, 3.8) is 0 Å². The molecule has 2 aromatic carbocycles. The van der Waals surface area contributed by atoms with Gasteiger partial charge in [-0.25, -0.2) is 0 Å². The predicted molar refractivity (Wildman–Crippen MR) is 107 cm³/mol. The highest BCUT2D eigenvalue weighted by Crippen LogP contribution is 2.43. The predicted octanol–water partition coefficient (Wildman–Crippen LogP) is 3.96. The van der Waals surface area contributed by atoms with Gasteiger partial charge >= 0.3 is 6.18 Å². The van der Waals surface area contributed by atoms with Gasteiger partial charge in [0, 0.05) is 37.2 Å². The van der Waals surface area contributed by atoms with E-state index in [0.717, 1.165) is 49.2 Å². The summed E-state index contributed by atoms with van der Waals surface area (Å²) < 4.78 is 38.7. The van der Waals surface area contributed by atoms with Crippen LogP contribution in [0.5, 0.6) is 5.75 Å². The first-order valence-electron chi connectivity index (χ1n) is 10.2. The molecule has 1 fully saturated rings. The number of likely N-dealkylation sites (N-methyl/N-ethyl adjacent to an activating group) is 1. The summed E-state index contributed by atoms with van der Waals surface area (Å²) in [6.07, 6.45) is -1.77. The van der Waals surface area contributed by atoms with Gasteiger partial charge in [-0.1, -0.05) is 24.3 Å². The molecule has 4 rings (SSSR count). The van der Waals surface area contributed by atoms with Crippen LogP contribution < -0.4 is 0 Å². The lowest BCUT2D eigenvalue weighted by Gasteiger charge is -2.50. The average Bonchev–Trinajstić information content (AvgIpc) is 3.23. The van der Waals surface area contributed by atoms with Crippen LogP contribution in [0.3, 0.4) is 0 Å². The molecule has 0 saturated carbocycles. The molecule has 0 radical (unpaired) electrons. The number of carbonyl (C=O) groups is 1. The molecular formula is C23H25F3N2O2. The molecule has 2 heterocycles. The maximum atomic E-state index is 13.9. The number of alkyl halides is 3. The Morgan fingerprint density at radius 1 is 1.07 bits per heavy atom. The number of hydrogen-bond donors (Lipinski definition) is 1. The van der Waals surface area contributed by atoms with Gasteiger partial charge in [0.05, 0.1) is 5.56 Å². The second-order valence-corrected chi connectivity index (χ2v) is 8.14. The molecule has 2 aliphatic rings. The van der Waals surface area contributed by atoms with Crippen LogP contribution in [0, 0.1) is 0 Å². The Kier molecular flexibility index (Phi) is 5.36. The Hall–Kier alpha value is -2.38. The number of fused-ring (bicyclic) bond motifs is 1. The van der Waals surface area contributed by atoms with Crippen molar-refractivity contribution >= 4 is 5.78 Å². The molecule has 0 amide bonds. The summed E-state index contributed by atoms with van der Waals surface area (Å²) in [5.74, 6) is 0.102. The first-order chi connectivity index (χ1) is 14.2. The van der Waals surface area contributed by atoms with E-state index in [1.165, 1.54) is 12.1 Å². The summed E-state index contributed by atoms with van der Waals surface area (Å²) in [7, 11) is 1.91. The van der Waals surface area contributed by atoms with Crippen molar-refractivity contribution in [1.29, 1.82) is 0 Å². The largest absolute Gasteiger partial charge is 0.508 e. The van der Waals surface area contributed by atoms with Crippen LogP contribution in [-0.4, -0.2) is 47.4 Å². The standard InChI is InChI=1S/C23H25F3N2O2/c1-27-14-11-18-19(5-4-6-20(18)29)22(27,28-12-2-3-13-28)21(30)15-16-7-9-17(10-8-16)23(24,25)26/h4-10,29H,2-3,11-15H2,1H3. The fraction of sp³-hybridized carbons (Fsp3) is 0.435. The number of benzene rings is 2. The molecule has 1 unspecified atom stereocenters. The Bertz CT molecular complexity index is 936. The average molecular weight is 418 g/mol. The first-order valence-corrected chi connectivity index (χ1v) is 10.2. The number of phenols is 1. The van der Waals surface area contributed by atoms with E-state index in [2.05, 4.69) is 4.90 Å². The van der Waals surface area contributed by atoms with E-state index in [1.54, 1.807) is 12.1 Å². The number of aromatic hydroxyl groups is 1. The van der Waals surface area contributed by atoms with Crippen LogP contribution >= 0.6 is 0 Å². The van der Waals surface area contributed by atoms with Gasteiger partial charge in [-0.2, -0.15) is 13.2 Å². The lowest BCUT2D eigenvalue weighted by Crippen LogP contribution is -2.63. The van der Waals surface area contributed by atoms with Gasteiger partial charge in [-0.05, 0) is 50.1 Å². The molecule has 0 spiro atoms. The number of hydrogen-bond acceptors (Lipinski definition) is 4. The molecule has 160 valence electrons. The second kappa shape index (κ2) is 7.71. The minimum atomic E-state index is -4.40. The minimum Gasteiger partial charge on any atom is -0.508 e. The molecule has 30 heavy (non-hydrogen) atoms. The van der Waals surface area contributed by atoms with Crippen LogP contribution in [0.25, 0.3) is 0 Å². The number of nitrogens with zero attached hydrogens (tertiary/aromatic N) is 2. The third kappa shape index (κ3) is 3.40. The SMILES string of the molecule is CN1CCc2c(O)cccc2C1(C(=O)Cc1ccc(C(F)(F)F)cc1)N1CCCC1. The van der Waals surface area contributed by atoms with E-state index < -0.39 is 17.4 Å². The van der Waals surface area contributed by atoms with E-state index in [1.807, 2.05) is 18.0 Å². The number of rotatable bonds is 4. The molecule has 1 saturated heterocycles. The number of phenolic OH excluding ortho intramolecular Hbond substituents is 1. The molecular weight excluding hydrogens is 393 g/mol. The van der Waals surface area contributed by atoms with Gasteiger partial charge in [0.2, 0.25) is 0 Å². The molecule has 7 heteroatoms. The van der Waals surface area contributed by atoms with Crippen LogP contribution in [-0.2, 0) is 29.5 Å². The Morgan fingerprint density at radius 3 is 2.37 bits per heavy atom. The van der Waals surface area contributed by atoms with Crippen LogP contribution in [0.1, 0.15) is 35.1 Å². The molecule has 1 N–H and O–H groups in total. The molecule has 0 aliphatic carbocycles. The Balaban J connectivity index is 1.75. The van der Waals surface area contributed by atoms with Crippen molar-refractivity contribution in [2.24, 2.45) is 0 Å². The van der Waals surface area contributed by atoms with E-state index in [9.17, 15) is 23.1 Å². The Labute approximate surface area is 173 Å². The van der Waals surface area contributed by atoms with Crippen molar-refractivity contribution < 1.29 is 23.1 Å². The highest BCUT2D eigenvalue weighted by molar-refractivity contribution is 5.92. The number of halogens is 3. The van der Waals surface area contributed by atoms with E-state index in [-0.39, 0.29) is 18.0 Å². The zero-order chi connectivity index (χ0) is 21.5. The molecule has 1 atom stereocenters. The zero-order valence-corrected chi connectivity index (χ0v) is 16.9. The van der Waals surface area contributed by atoms with Gasteiger partial charge in [0.1, 0.15) is 5.75 Å². The van der Waals surface area contributed by atoms with Gasteiger partial charge in [0.25, 0.3) is 0 Å². The topological polar surface area (TPSA) is 43.8 Å². The van der Waals surface area contributed by atoms with Crippen molar-refractivity contribution in [3.8, 4) is 5.75 Å². The zero-order valence-electron chi connectivity index (χ0n) is 16.9. The van der Waals surface area contributed by atoms with Crippen molar-refractivity contribution in [2.75, 3.05) is 26.7 Å². The highest BCUT2D eigenvalue weighted by Gasteiger charge is 2.52. The number of ketones is 1. The summed E-state index contributed by atoms with van der Waals surface area (Å²) in [4.78, 5) is 18.1. The molecule has 2 aromatic rings. The summed E-state index contributed by atoms with van der Waals surface area (Å²) in [6, 6.07) is 10.1. The molecule has 0 bridgehead atoms. The quantitative estimate of drug-likeness (QED) is 0.817. The number of Topliss-reactive ketones (excluding diaryl/α,β-unsaturated/α-hetero) is 1. The fourth-order valence-corrected chi connectivity index (χ4v) is 4.92. The van der Waals surface area contributed by atoms with Gasteiger partial charge in [0.15, 0.2) is 11.4 Å². The van der Waals surface area contributed by atoms with Crippen molar-refractivity contribution in [3.05, 3.63) is 64.7 Å². The summed E-state index contributed by atoms with van der Waals surface area (Å²) in [6.45, 7) is 2.14. The smallest absolute Gasteiger partial charge is 0.416 e. The van der Waals surface area contributed by atoms with Gasteiger partial charge in [-0.15, -0.1) is 0 Å². The summed E-state index contributed by atoms with van der Waals surface area (Å²) >= 11 is 0. The van der Waals surface area contributed by atoms with E-state index >= 15 is 0 Å². The summed E-state index contributed by atoms with van der Waals surface area (Å²) in [5, 5.41) is 10.4. The fourth-order valence-electron chi connectivity index (χ4n) is 4.92. The lowest BCUT2D eigenvalue weighted by atomic mass is 9.81. The number of likely N-dealkylation sites (tertiary alicyclic amines) is 1. The Morgan fingerprint density at radius 2 is 1.73 bits per heavy atom. The second-order valence-electron chi connectivity index (χ2n) is 8.14. The molecule has 0 aromatic heterocycles. The maximum Gasteiger partial charge on any atom is 0.416 e. The number of carbonyl (C=O) groups excluding carboxylic acids is 1. The molecule has 4 nitrogen and oxygen atoms in total.